The summed E-state index contributed by atoms with van der Waals surface area (Å²) in [6, 6.07) is 9.17. The average molecular weight is 456 g/mol. The van der Waals surface area contributed by atoms with Crippen LogP contribution in [-0.2, 0) is 4.79 Å². The van der Waals surface area contributed by atoms with E-state index in [0.29, 0.717) is 12.0 Å². The number of ketones is 1. The third-order valence-corrected chi connectivity index (χ3v) is 6.23. The number of carbonyl (C=O) groups excluding carboxylic acids is 2. The first-order valence-electron chi connectivity index (χ1n) is 12.7. The van der Waals surface area contributed by atoms with Crippen molar-refractivity contribution in [1.82, 2.24) is 5.32 Å². The molecular weight excluding hydrogens is 414 g/mol. The average Bonchev–Trinajstić information content (AvgIpc) is 2.80. The number of amides is 1. The fraction of sp³-hybridized carbons (Fsp3) is 0.571. The Labute approximate surface area is 198 Å². The molecule has 3 N–H and O–H groups in total. The molecule has 182 valence electrons. The molecule has 5 heteroatoms. The highest BCUT2D eigenvalue weighted by atomic mass is 16.3. The Bertz CT molecular complexity index is 877. The second-order valence-corrected chi connectivity index (χ2v) is 9.19. The van der Waals surface area contributed by atoms with Gasteiger partial charge in [-0.25, -0.2) is 0 Å². The summed E-state index contributed by atoms with van der Waals surface area (Å²) in [6.45, 7) is 3.77. The molecule has 0 aromatic heterocycles. The van der Waals surface area contributed by atoms with Gasteiger partial charge in [-0.15, -0.1) is 0 Å². The van der Waals surface area contributed by atoms with Crippen LogP contribution in [0.4, 0.5) is 0 Å². The summed E-state index contributed by atoms with van der Waals surface area (Å²) in [4.78, 5) is 25.4. The second kappa shape index (κ2) is 14.7. The van der Waals surface area contributed by atoms with E-state index < -0.39 is 12.1 Å². The van der Waals surface area contributed by atoms with Crippen LogP contribution in [0.25, 0.3) is 10.8 Å². The molecule has 33 heavy (non-hydrogen) atoms. The van der Waals surface area contributed by atoms with E-state index in [1.54, 1.807) is 36.4 Å². The molecule has 2 aromatic rings. The number of benzene rings is 2. The molecule has 0 saturated heterocycles. The predicted molar refractivity (Wildman–Crippen MR) is 135 cm³/mol. The van der Waals surface area contributed by atoms with Gasteiger partial charge in [0.05, 0.1) is 6.10 Å². The molecule has 0 spiro atoms. The number of unbranched alkanes of at least 4 members (excludes halogenated alkanes) is 10. The van der Waals surface area contributed by atoms with Gasteiger partial charge in [-0.05, 0) is 48.4 Å². The first kappa shape index (κ1) is 26.8. The summed E-state index contributed by atoms with van der Waals surface area (Å²) in [5.74, 6) is -0.343. The zero-order valence-corrected chi connectivity index (χ0v) is 20.3. The number of phenolic OH excluding ortho intramolecular Hbond substituents is 1. The van der Waals surface area contributed by atoms with Crippen molar-refractivity contribution in [3.05, 3.63) is 42.0 Å². The second-order valence-electron chi connectivity index (χ2n) is 9.19. The minimum absolute atomic E-state index is 0.125. The molecule has 0 fully saturated rings. The first-order valence-corrected chi connectivity index (χ1v) is 12.7. The van der Waals surface area contributed by atoms with E-state index in [2.05, 4.69) is 12.2 Å². The normalized spacial score (nSPS) is 13.1. The van der Waals surface area contributed by atoms with Gasteiger partial charge in [0.1, 0.15) is 11.8 Å². The van der Waals surface area contributed by atoms with Crippen molar-refractivity contribution in [3.63, 3.8) is 0 Å². The van der Waals surface area contributed by atoms with Crippen LogP contribution < -0.4 is 5.32 Å². The molecular formula is C28H41NO4. The molecule has 0 heterocycles. The van der Waals surface area contributed by atoms with Gasteiger partial charge in [-0.2, -0.15) is 0 Å². The number of hydrogen-bond acceptors (Lipinski definition) is 4. The number of fused-ring (bicyclic) bond motifs is 1. The Morgan fingerprint density at radius 1 is 0.818 bits per heavy atom. The van der Waals surface area contributed by atoms with Crippen LogP contribution in [0.2, 0.25) is 0 Å². The van der Waals surface area contributed by atoms with Crippen molar-refractivity contribution in [2.24, 2.45) is 0 Å². The monoisotopic (exact) mass is 455 g/mol. The molecule has 1 amide bonds. The molecule has 0 bridgehead atoms. The fourth-order valence-corrected chi connectivity index (χ4v) is 4.19. The SMILES string of the molecule is CCCCCCCCCCCCCC(=O)[C@@H](NC(=O)c1ccc2cc(O)ccc2c1)[C@@H](C)O. The van der Waals surface area contributed by atoms with Crippen molar-refractivity contribution in [2.75, 3.05) is 0 Å². The number of Topliss-reactive ketones (excluding diaryl/α,β-unsaturated/α-hetero) is 1. The predicted octanol–water partition coefficient (Wildman–Crippen LogP) is 6.29. The zero-order chi connectivity index (χ0) is 24.1. The lowest BCUT2D eigenvalue weighted by atomic mass is 9.99. The molecule has 2 atom stereocenters. The highest BCUT2D eigenvalue weighted by Gasteiger charge is 2.25. The summed E-state index contributed by atoms with van der Waals surface area (Å²) in [5.41, 5.74) is 0.418. The van der Waals surface area contributed by atoms with E-state index in [0.717, 1.165) is 30.0 Å². The Balaban J connectivity index is 1.73. The minimum Gasteiger partial charge on any atom is -0.508 e. The van der Waals surface area contributed by atoms with Crippen LogP contribution in [0.5, 0.6) is 5.75 Å². The van der Waals surface area contributed by atoms with Crippen molar-refractivity contribution >= 4 is 22.5 Å². The first-order chi connectivity index (χ1) is 15.9. The molecule has 5 nitrogen and oxygen atoms in total. The topological polar surface area (TPSA) is 86.6 Å². The lowest BCUT2D eigenvalue weighted by Crippen LogP contribution is -2.47. The molecule has 0 aliphatic carbocycles. The van der Waals surface area contributed by atoms with Gasteiger partial charge in [-0.1, -0.05) is 83.3 Å². The van der Waals surface area contributed by atoms with Crippen LogP contribution >= 0.6 is 0 Å². The third-order valence-electron chi connectivity index (χ3n) is 6.23. The summed E-state index contributed by atoms with van der Waals surface area (Å²) < 4.78 is 0. The Hall–Kier alpha value is -2.40. The van der Waals surface area contributed by atoms with E-state index in [4.69, 9.17) is 0 Å². The van der Waals surface area contributed by atoms with Crippen molar-refractivity contribution in [1.29, 1.82) is 0 Å². The lowest BCUT2D eigenvalue weighted by Gasteiger charge is -2.20. The van der Waals surface area contributed by atoms with E-state index in [9.17, 15) is 19.8 Å². The summed E-state index contributed by atoms with van der Waals surface area (Å²) in [7, 11) is 0. The number of aliphatic hydroxyl groups excluding tert-OH is 1. The molecule has 0 aliphatic heterocycles. The van der Waals surface area contributed by atoms with Crippen molar-refractivity contribution in [2.45, 2.75) is 103 Å². The van der Waals surface area contributed by atoms with Gasteiger partial charge < -0.3 is 15.5 Å². The van der Waals surface area contributed by atoms with Crippen LogP contribution in [0, 0.1) is 0 Å². The molecule has 2 rings (SSSR count). The molecule has 0 unspecified atom stereocenters. The minimum atomic E-state index is -0.952. The smallest absolute Gasteiger partial charge is 0.251 e. The molecule has 2 aromatic carbocycles. The highest BCUT2D eigenvalue weighted by Crippen LogP contribution is 2.21. The van der Waals surface area contributed by atoms with Crippen LogP contribution in [0.15, 0.2) is 36.4 Å². The fourth-order valence-electron chi connectivity index (χ4n) is 4.19. The van der Waals surface area contributed by atoms with Gasteiger partial charge in [0.2, 0.25) is 0 Å². The Morgan fingerprint density at radius 3 is 1.97 bits per heavy atom. The quantitative estimate of drug-likeness (QED) is 0.259. The lowest BCUT2D eigenvalue weighted by molar-refractivity contribution is -0.123. The van der Waals surface area contributed by atoms with Crippen molar-refractivity contribution in [3.8, 4) is 5.75 Å². The van der Waals surface area contributed by atoms with Gasteiger partial charge in [0.25, 0.3) is 5.91 Å². The maximum Gasteiger partial charge on any atom is 0.251 e. The third kappa shape index (κ3) is 9.55. The maximum absolute atomic E-state index is 12.7. The van der Waals surface area contributed by atoms with E-state index in [1.807, 2.05) is 0 Å². The number of carbonyl (C=O) groups is 2. The standard InChI is InChI=1S/C28H41NO4/c1-3-4-5-6-7-8-9-10-11-12-13-14-26(32)27(21(2)30)29-28(33)24-16-15-23-20-25(31)18-17-22(23)19-24/h15-21,27,30-31H,3-14H2,1-2H3,(H,29,33)/t21-,27+/m1/s1. The number of phenols is 1. The molecule has 0 aliphatic rings. The maximum atomic E-state index is 12.7. The Kier molecular flexibility index (Phi) is 12.0. The number of nitrogens with one attached hydrogen (secondary N) is 1. The summed E-state index contributed by atoms with van der Waals surface area (Å²) in [5, 5.41) is 24.0. The summed E-state index contributed by atoms with van der Waals surface area (Å²) >= 11 is 0. The van der Waals surface area contributed by atoms with Crippen LogP contribution in [0.3, 0.4) is 0 Å². The number of aliphatic hydroxyl groups is 1. The van der Waals surface area contributed by atoms with E-state index >= 15 is 0 Å². The van der Waals surface area contributed by atoms with Crippen molar-refractivity contribution < 1.29 is 19.8 Å². The van der Waals surface area contributed by atoms with Gasteiger partial charge in [0, 0.05) is 12.0 Å². The van der Waals surface area contributed by atoms with Crippen LogP contribution in [-0.4, -0.2) is 34.0 Å². The van der Waals surface area contributed by atoms with E-state index in [-0.39, 0.29) is 17.4 Å². The summed E-state index contributed by atoms with van der Waals surface area (Å²) in [6.07, 6.45) is 12.7. The highest BCUT2D eigenvalue weighted by molar-refractivity contribution is 6.01. The zero-order valence-electron chi connectivity index (χ0n) is 20.3. The van der Waals surface area contributed by atoms with Gasteiger partial charge in [0.15, 0.2) is 5.78 Å². The number of aromatic hydroxyl groups is 1. The van der Waals surface area contributed by atoms with Gasteiger partial charge >= 0.3 is 0 Å². The van der Waals surface area contributed by atoms with Crippen LogP contribution in [0.1, 0.15) is 101 Å². The Morgan fingerprint density at radius 2 is 1.36 bits per heavy atom. The molecule has 0 saturated carbocycles. The number of rotatable bonds is 16. The number of hydrogen-bond donors (Lipinski definition) is 3. The largest absolute Gasteiger partial charge is 0.508 e. The van der Waals surface area contributed by atoms with Gasteiger partial charge in [-0.3, -0.25) is 9.59 Å². The van der Waals surface area contributed by atoms with E-state index in [1.165, 1.54) is 58.3 Å². The molecule has 0 radical (unpaired) electrons.